The highest BCUT2D eigenvalue weighted by Gasteiger charge is 2.22. The minimum Gasteiger partial charge on any atom is -0.467 e. The summed E-state index contributed by atoms with van der Waals surface area (Å²) in [4.78, 5) is 16.9. The van der Waals surface area contributed by atoms with Gasteiger partial charge in [0.15, 0.2) is 11.0 Å². The zero-order valence-electron chi connectivity index (χ0n) is 17.6. The molecule has 0 saturated heterocycles. The lowest BCUT2D eigenvalue weighted by Gasteiger charge is -2.15. The summed E-state index contributed by atoms with van der Waals surface area (Å²) in [5.41, 5.74) is 4.11. The van der Waals surface area contributed by atoms with Crippen LogP contribution in [0, 0.1) is 13.8 Å². The third-order valence-electron chi connectivity index (χ3n) is 4.81. The molecule has 0 aliphatic rings. The minimum atomic E-state index is -0.370. The molecule has 3 aromatic heterocycles. The van der Waals surface area contributed by atoms with Crippen molar-refractivity contribution in [3.05, 3.63) is 78.0 Å². The lowest BCUT2D eigenvalue weighted by Crippen LogP contribution is -2.30. The second-order valence-electron chi connectivity index (χ2n) is 7.23. The van der Waals surface area contributed by atoms with Crippen LogP contribution >= 0.6 is 11.8 Å². The third-order valence-corrected chi connectivity index (χ3v) is 5.86. The number of carbonyl (C=O) groups is 1. The van der Waals surface area contributed by atoms with E-state index in [1.807, 2.05) is 29.7 Å². The fourth-order valence-electron chi connectivity index (χ4n) is 3.24. The van der Waals surface area contributed by atoms with Gasteiger partial charge in [-0.25, -0.2) is 0 Å². The number of hydrogen-bond acceptors (Lipinski definition) is 6. The number of thioether (sulfide) groups is 1. The Balaban J connectivity index is 1.64. The first-order valence-electron chi connectivity index (χ1n) is 9.93. The van der Waals surface area contributed by atoms with Crippen LogP contribution in [0.2, 0.25) is 0 Å². The van der Waals surface area contributed by atoms with Crippen molar-refractivity contribution in [1.82, 2.24) is 25.1 Å². The maximum atomic E-state index is 12.6. The Morgan fingerprint density at radius 2 is 2.06 bits per heavy atom. The number of hydrogen-bond donors (Lipinski definition) is 1. The van der Waals surface area contributed by atoms with Crippen LogP contribution in [0.1, 0.15) is 23.8 Å². The van der Waals surface area contributed by atoms with Gasteiger partial charge in [-0.2, -0.15) is 0 Å². The van der Waals surface area contributed by atoms with Gasteiger partial charge in [-0.1, -0.05) is 29.5 Å². The number of nitrogens with zero attached hydrogens (tertiary/aromatic N) is 4. The molecule has 31 heavy (non-hydrogen) atoms. The molecular formula is C23H23N5O2S. The Morgan fingerprint density at radius 3 is 2.77 bits per heavy atom. The highest BCUT2D eigenvalue weighted by molar-refractivity contribution is 8.00. The van der Waals surface area contributed by atoms with Crippen LogP contribution in [0.5, 0.6) is 0 Å². The van der Waals surface area contributed by atoms with Crippen molar-refractivity contribution >= 4 is 17.7 Å². The van der Waals surface area contributed by atoms with E-state index >= 15 is 0 Å². The van der Waals surface area contributed by atoms with Crippen LogP contribution in [-0.4, -0.2) is 30.9 Å². The van der Waals surface area contributed by atoms with Crippen molar-refractivity contribution in [3.8, 4) is 17.1 Å². The maximum Gasteiger partial charge on any atom is 0.233 e. The normalized spacial score (nSPS) is 12.0. The summed E-state index contributed by atoms with van der Waals surface area (Å²) < 4.78 is 7.27. The van der Waals surface area contributed by atoms with Gasteiger partial charge >= 0.3 is 0 Å². The number of aryl methyl sites for hydroxylation is 2. The summed E-state index contributed by atoms with van der Waals surface area (Å²) in [6.45, 7) is 6.32. The number of aromatic nitrogens is 4. The van der Waals surface area contributed by atoms with E-state index < -0.39 is 0 Å². The summed E-state index contributed by atoms with van der Waals surface area (Å²) in [5.74, 6) is 1.30. The van der Waals surface area contributed by atoms with Crippen molar-refractivity contribution < 1.29 is 9.21 Å². The lowest BCUT2D eigenvalue weighted by atomic mass is 10.1. The SMILES string of the molecule is Cc1ccc(-n2c(SC(C)C(=O)NCc3ccco3)nnc2-c2cccnc2)c(C)c1. The van der Waals surface area contributed by atoms with Crippen LogP contribution in [0.25, 0.3) is 17.1 Å². The molecule has 1 aromatic carbocycles. The van der Waals surface area contributed by atoms with Gasteiger partial charge in [-0.15, -0.1) is 10.2 Å². The molecule has 158 valence electrons. The van der Waals surface area contributed by atoms with Gasteiger partial charge in [0.2, 0.25) is 5.91 Å². The quantitative estimate of drug-likeness (QED) is 0.437. The number of furan rings is 1. The monoisotopic (exact) mass is 433 g/mol. The minimum absolute atomic E-state index is 0.0977. The maximum absolute atomic E-state index is 12.6. The smallest absolute Gasteiger partial charge is 0.233 e. The van der Waals surface area contributed by atoms with E-state index in [4.69, 9.17) is 4.42 Å². The summed E-state index contributed by atoms with van der Waals surface area (Å²) in [6.07, 6.45) is 5.08. The number of pyridine rings is 1. The molecule has 1 amide bonds. The lowest BCUT2D eigenvalue weighted by molar-refractivity contribution is -0.120. The van der Waals surface area contributed by atoms with Crippen LogP contribution in [0.3, 0.4) is 0 Å². The zero-order valence-corrected chi connectivity index (χ0v) is 18.4. The number of benzene rings is 1. The Morgan fingerprint density at radius 1 is 1.19 bits per heavy atom. The van der Waals surface area contributed by atoms with Crippen molar-refractivity contribution in [2.45, 2.75) is 37.7 Å². The molecule has 4 aromatic rings. The summed E-state index contributed by atoms with van der Waals surface area (Å²) in [5, 5.41) is 12.0. The van der Waals surface area contributed by atoms with Gasteiger partial charge in [0.1, 0.15) is 5.76 Å². The fourth-order valence-corrected chi connectivity index (χ4v) is 4.13. The van der Waals surface area contributed by atoms with Crippen LogP contribution < -0.4 is 5.32 Å². The average Bonchev–Trinajstić information content (AvgIpc) is 3.43. The number of carbonyl (C=O) groups excluding carboxylic acids is 1. The van der Waals surface area contributed by atoms with Gasteiger partial charge in [0, 0.05) is 18.0 Å². The topological polar surface area (TPSA) is 85.8 Å². The molecule has 4 rings (SSSR count). The third kappa shape index (κ3) is 4.69. The number of nitrogens with one attached hydrogen (secondary N) is 1. The first kappa shape index (κ1) is 20.9. The predicted molar refractivity (Wildman–Crippen MR) is 120 cm³/mol. The molecule has 0 bridgehead atoms. The molecule has 0 saturated carbocycles. The first-order chi connectivity index (χ1) is 15.0. The highest BCUT2D eigenvalue weighted by Crippen LogP contribution is 2.31. The molecule has 1 atom stereocenters. The van der Waals surface area contributed by atoms with Gasteiger partial charge in [-0.05, 0) is 56.7 Å². The van der Waals surface area contributed by atoms with Gasteiger partial charge in [0.05, 0.1) is 23.7 Å². The first-order valence-corrected chi connectivity index (χ1v) is 10.8. The number of rotatable bonds is 7. The summed E-state index contributed by atoms with van der Waals surface area (Å²) in [6, 6.07) is 13.7. The summed E-state index contributed by atoms with van der Waals surface area (Å²) in [7, 11) is 0. The van der Waals surface area contributed by atoms with Crippen LogP contribution in [-0.2, 0) is 11.3 Å². The standard InChI is InChI=1S/C23H23N5O2S/c1-15-8-9-20(16(2)12-15)28-21(18-6-4-10-24-13-18)26-27-23(28)31-17(3)22(29)25-14-19-7-5-11-30-19/h4-13,17H,14H2,1-3H3,(H,25,29). The molecule has 0 spiro atoms. The predicted octanol–water partition coefficient (Wildman–Crippen LogP) is 4.34. The van der Waals surface area contributed by atoms with Gasteiger partial charge in [0.25, 0.3) is 0 Å². The highest BCUT2D eigenvalue weighted by atomic mass is 32.2. The Labute approximate surface area is 184 Å². The summed E-state index contributed by atoms with van der Waals surface area (Å²) >= 11 is 1.37. The second kappa shape index (κ2) is 9.18. The van der Waals surface area contributed by atoms with E-state index in [0.717, 1.165) is 16.8 Å². The van der Waals surface area contributed by atoms with E-state index in [1.54, 1.807) is 24.7 Å². The molecule has 3 heterocycles. The van der Waals surface area contributed by atoms with Crippen molar-refractivity contribution in [2.75, 3.05) is 0 Å². The Kier molecular flexibility index (Phi) is 6.18. The van der Waals surface area contributed by atoms with Crippen molar-refractivity contribution in [2.24, 2.45) is 0 Å². The fraction of sp³-hybridized carbons (Fsp3) is 0.217. The molecule has 0 fully saturated rings. The molecule has 7 nitrogen and oxygen atoms in total. The van der Waals surface area contributed by atoms with Gasteiger partial charge in [-0.3, -0.25) is 14.3 Å². The Hall–Kier alpha value is -3.39. The van der Waals surface area contributed by atoms with E-state index in [-0.39, 0.29) is 11.2 Å². The second-order valence-corrected chi connectivity index (χ2v) is 8.54. The van der Waals surface area contributed by atoms with Crippen molar-refractivity contribution in [1.29, 1.82) is 0 Å². The molecule has 0 aliphatic carbocycles. The largest absolute Gasteiger partial charge is 0.467 e. The van der Waals surface area contributed by atoms with E-state index in [1.165, 1.54) is 17.3 Å². The van der Waals surface area contributed by atoms with Crippen LogP contribution in [0.15, 0.2) is 70.7 Å². The number of amides is 1. The van der Waals surface area contributed by atoms with Gasteiger partial charge < -0.3 is 9.73 Å². The molecule has 0 aliphatic heterocycles. The molecule has 8 heteroatoms. The molecule has 1 N–H and O–H groups in total. The molecule has 0 radical (unpaired) electrons. The van der Waals surface area contributed by atoms with E-state index in [2.05, 4.69) is 52.5 Å². The van der Waals surface area contributed by atoms with E-state index in [9.17, 15) is 4.79 Å². The molecular weight excluding hydrogens is 410 g/mol. The Bertz CT molecular complexity index is 1170. The van der Waals surface area contributed by atoms with Crippen molar-refractivity contribution in [3.63, 3.8) is 0 Å². The van der Waals surface area contributed by atoms with E-state index in [0.29, 0.717) is 23.3 Å². The van der Waals surface area contributed by atoms with Crippen LogP contribution in [0.4, 0.5) is 0 Å². The zero-order chi connectivity index (χ0) is 21.8. The average molecular weight is 434 g/mol. The molecule has 1 unspecified atom stereocenters.